The Bertz CT molecular complexity index is 463. The molecule has 0 aromatic heterocycles. The topological polar surface area (TPSA) is 20.3 Å². The van der Waals surface area contributed by atoms with E-state index in [1.165, 1.54) is 12.1 Å². The molecular formula is C12H11BrF3NO. The van der Waals surface area contributed by atoms with E-state index in [1.807, 2.05) is 0 Å². The molecule has 0 spiro atoms. The number of halogens is 4. The molecule has 2 nitrogen and oxygen atoms in total. The Labute approximate surface area is 111 Å². The quantitative estimate of drug-likeness (QED) is 0.787. The maximum atomic E-state index is 12.9. The summed E-state index contributed by atoms with van der Waals surface area (Å²) < 4.78 is 39.3. The first-order valence-corrected chi connectivity index (χ1v) is 6.30. The Balaban J connectivity index is 2.36. The fourth-order valence-corrected chi connectivity index (χ4v) is 2.35. The summed E-state index contributed by atoms with van der Waals surface area (Å²) in [5.74, 6) is 0.106. The summed E-state index contributed by atoms with van der Waals surface area (Å²) >= 11 is 3.18. The molecule has 0 bridgehead atoms. The number of piperidine rings is 1. The van der Waals surface area contributed by atoms with E-state index >= 15 is 0 Å². The summed E-state index contributed by atoms with van der Waals surface area (Å²) in [7, 11) is 0. The third-order valence-corrected chi connectivity index (χ3v) is 3.42. The average molecular weight is 322 g/mol. The van der Waals surface area contributed by atoms with Gasteiger partial charge < -0.3 is 4.90 Å². The van der Waals surface area contributed by atoms with Gasteiger partial charge in [-0.1, -0.05) is 15.9 Å². The molecule has 1 fully saturated rings. The summed E-state index contributed by atoms with van der Waals surface area (Å²) in [5, 5.41) is 0. The number of rotatable bonds is 1. The third kappa shape index (κ3) is 2.85. The van der Waals surface area contributed by atoms with Crippen LogP contribution in [0, 0.1) is 0 Å². The van der Waals surface area contributed by atoms with Crippen molar-refractivity contribution in [2.24, 2.45) is 0 Å². The lowest BCUT2D eigenvalue weighted by molar-refractivity contribution is -0.137. The zero-order chi connectivity index (χ0) is 13.3. The monoisotopic (exact) mass is 321 g/mol. The van der Waals surface area contributed by atoms with Crippen molar-refractivity contribution >= 4 is 27.4 Å². The summed E-state index contributed by atoms with van der Waals surface area (Å²) in [6.45, 7) is 0.691. The number of anilines is 1. The van der Waals surface area contributed by atoms with Crippen molar-refractivity contribution in [3.8, 4) is 0 Å². The van der Waals surface area contributed by atoms with Crippen LogP contribution >= 0.6 is 15.9 Å². The van der Waals surface area contributed by atoms with Crippen LogP contribution in [0.15, 0.2) is 22.7 Å². The van der Waals surface area contributed by atoms with Crippen LogP contribution in [-0.2, 0) is 11.0 Å². The largest absolute Gasteiger partial charge is 0.418 e. The fourth-order valence-electron chi connectivity index (χ4n) is 2.00. The highest BCUT2D eigenvalue weighted by Gasteiger charge is 2.35. The van der Waals surface area contributed by atoms with Crippen LogP contribution < -0.4 is 4.90 Å². The van der Waals surface area contributed by atoms with E-state index in [-0.39, 0.29) is 11.5 Å². The Morgan fingerprint density at radius 1 is 1.17 bits per heavy atom. The Morgan fingerprint density at radius 2 is 1.78 bits per heavy atom. The zero-order valence-corrected chi connectivity index (χ0v) is 11.0. The van der Waals surface area contributed by atoms with Crippen molar-refractivity contribution in [2.75, 3.05) is 18.0 Å². The number of benzene rings is 1. The van der Waals surface area contributed by atoms with Crippen molar-refractivity contribution in [1.82, 2.24) is 0 Å². The number of carbonyl (C=O) groups is 1. The van der Waals surface area contributed by atoms with Gasteiger partial charge in [-0.15, -0.1) is 0 Å². The molecule has 0 unspecified atom stereocenters. The smallest absolute Gasteiger partial charge is 0.370 e. The van der Waals surface area contributed by atoms with Gasteiger partial charge in [0.05, 0.1) is 11.3 Å². The van der Waals surface area contributed by atoms with E-state index in [4.69, 9.17) is 0 Å². The Hall–Kier alpha value is -1.04. The molecule has 0 radical (unpaired) electrons. The van der Waals surface area contributed by atoms with E-state index < -0.39 is 11.7 Å². The molecule has 1 aliphatic rings. The highest BCUT2D eigenvalue weighted by Crippen LogP contribution is 2.38. The van der Waals surface area contributed by atoms with Crippen LogP contribution in [0.4, 0.5) is 18.9 Å². The Morgan fingerprint density at radius 3 is 2.33 bits per heavy atom. The molecule has 2 rings (SSSR count). The average Bonchev–Trinajstić information content (AvgIpc) is 2.28. The van der Waals surface area contributed by atoms with Crippen molar-refractivity contribution in [2.45, 2.75) is 19.0 Å². The molecule has 98 valence electrons. The second-order valence-corrected chi connectivity index (χ2v) is 5.10. The van der Waals surface area contributed by atoms with Crippen LogP contribution in [0.3, 0.4) is 0 Å². The predicted octanol–water partition coefficient (Wildman–Crippen LogP) is 3.64. The van der Waals surface area contributed by atoms with Gasteiger partial charge in [0, 0.05) is 30.4 Å². The summed E-state index contributed by atoms with van der Waals surface area (Å²) in [4.78, 5) is 12.8. The van der Waals surface area contributed by atoms with Gasteiger partial charge in [-0.25, -0.2) is 0 Å². The lowest BCUT2D eigenvalue weighted by Crippen LogP contribution is -2.35. The standard InChI is InChI=1S/C12H11BrF3NO/c13-8-1-2-10(12(14,15)16)11(7-8)17-5-3-9(18)4-6-17/h1-2,7H,3-6H2. The molecule has 0 N–H and O–H groups in total. The third-order valence-electron chi connectivity index (χ3n) is 2.93. The van der Waals surface area contributed by atoms with Crippen molar-refractivity contribution in [1.29, 1.82) is 0 Å². The highest BCUT2D eigenvalue weighted by atomic mass is 79.9. The van der Waals surface area contributed by atoms with Crippen LogP contribution in [0.1, 0.15) is 18.4 Å². The minimum Gasteiger partial charge on any atom is -0.370 e. The van der Waals surface area contributed by atoms with Crippen LogP contribution in [0.5, 0.6) is 0 Å². The van der Waals surface area contributed by atoms with Gasteiger partial charge in [0.15, 0.2) is 0 Å². The molecule has 1 aliphatic heterocycles. The van der Waals surface area contributed by atoms with E-state index in [2.05, 4.69) is 15.9 Å². The van der Waals surface area contributed by atoms with Crippen molar-refractivity contribution < 1.29 is 18.0 Å². The van der Waals surface area contributed by atoms with E-state index in [1.54, 1.807) is 4.90 Å². The molecule has 1 aromatic rings. The summed E-state index contributed by atoms with van der Waals surface area (Å²) in [5.41, 5.74) is -0.510. The number of carbonyl (C=O) groups excluding carboxylic acids is 1. The number of alkyl halides is 3. The second-order valence-electron chi connectivity index (χ2n) is 4.18. The van der Waals surface area contributed by atoms with Gasteiger partial charge in [0.1, 0.15) is 5.78 Å². The maximum Gasteiger partial charge on any atom is 0.418 e. The SMILES string of the molecule is O=C1CCN(c2cc(Br)ccc2C(F)(F)F)CC1. The first-order valence-electron chi connectivity index (χ1n) is 5.51. The van der Waals surface area contributed by atoms with Gasteiger partial charge >= 0.3 is 6.18 Å². The molecule has 1 aromatic carbocycles. The van der Waals surface area contributed by atoms with Gasteiger partial charge in [0.25, 0.3) is 0 Å². The van der Waals surface area contributed by atoms with Gasteiger partial charge in [-0.2, -0.15) is 13.2 Å². The van der Waals surface area contributed by atoms with E-state index in [0.717, 1.165) is 6.07 Å². The Kier molecular flexibility index (Phi) is 3.66. The predicted molar refractivity (Wildman–Crippen MR) is 65.6 cm³/mol. The number of Topliss-reactive ketones (excluding diaryl/α,β-unsaturated/α-hetero) is 1. The molecule has 6 heteroatoms. The number of hydrogen-bond acceptors (Lipinski definition) is 2. The molecule has 0 aliphatic carbocycles. The molecule has 1 heterocycles. The first-order chi connectivity index (χ1) is 8.38. The molecular weight excluding hydrogens is 311 g/mol. The minimum atomic E-state index is -4.38. The molecule has 18 heavy (non-hydrogen) atoms. The molecule has 1 saturated heterocycles. The maximum absolute atomic E-state index is 12.9. The van der Waals surface area contributed by atoms with Crippen LogP contribution in [0.2, 0.25) is 0 Å². The van der Waals surface area contributed by atoms with E-state index in [9.17, 15) is 18.0 Å². The van der Waals surface area contributed by atoms with Crippen molar-refractivity contribution in [3.05, 3.63) is 28.2 Å². The second kappa shape index (κ2) is 4.91. The lowest BCUT2D eigenvalue weighted by Gasteiger charge is -2.30. The zero-order valence-electron chi connectivity index (χ0n) is 9.43. The summed E-state index contributed by atoms with van der Waals surface area (Å²) in [6.07, 6.45) is -3.76. The van der Waals surface area contributed by atoms with Crippen LogP contribution in [-0.4, -0.2) is 18.9 Å². The number of nitrogens with zero attached hydrogens (tertiary/aromatic N) is 1. The van der Waals surface area contributed by atoms with Crippen molar-refractivity contribution in [3.63, 3.8) is 0 Å². The number of ketones is 1. The van der Waals surface area contributed by atoms with Gasteiger partial charge in [0.2, 0.25) is 0 Å². The number of hydrogen-bond donors (Lipinski definition) is 0. The first kappa shape index (κ1) is 13.4. The lowest BCUT2D eigenvalue weighted by atomic mass is 10.1. The van der Waals surface area contributed by atoms with E-state index in [0.29, 0.717) is 30.4 Å². The normalized spacial score (nSPS) is 17.1. The van der Waals surface area contributed by atoms with Crippen LogP contribution in [0.25, 0.3) is 0 Å². The van der Waals surface area contributed by atoms with Gasteiger partial charge in [-0.3, -0.25) is 4.79 Å². The summed E-state index contributed by atoms with van der Waals surface area (Å²) in [6, 6.07) is 3.90. The van der Waals surface area contributed by atoms with Gasteiger partial charge in [-0.05, 0) is 18.2 Å². The highest BCUT2D eigenvalue weighted by molar-refractivity contribution is 9.10. The molecule has 0 amide bonds. The fraction of sp³-hybridized carbons (Fsp3) is 0.417. The molecule has 0 saturated carbocycles. The minimum absolute atomic E-state index is 0.106. The molecule has 0 atom stereocenters.